The third-order valence-corrected chi connectivity index (χ3v) is 10.0. The van der Waals surface area contributed by atoms with Gasteiger partial charge in [0.25, 0.3) is 0 Å². The summed E-state index contributed by atoms with van der Waals surface area (Å²) in [5, 5.41) is 7.47. The molecule has 6 heteroatoms. The van der Waals surface area contributed by atoms with Crippen molar-refractivity contribution in [3.05, 3.63) is 125 Å². The van der Waals surface area contributed by atoms with Crippen molar-refractivity contribution in [3.8, 4) is 34.1 Å². The molecule has 7 aromatic rings. The van der Waals surface area contributed by atoms with Crippen molar-refractivity contribution in [2.45, 2.75) is 65.7 Å². The van der Waals surface area contributed by atoms with Gasteiger partial charge < -0.3 is 4.74 Å². The first kappa shape index (κ1) is 31.8. The van der Waals surface area contributed by atoms with Gasteiger partial charge in [-0.05, 0) is 129 Å². The fourth-order valence-electron chi connectivity index (χ4n) is 6.93. The quantitative estimate of drug-likeness (QED) is 0.168. The Labute approximate surface area is 287 Å². The van der Waals surface area contributed by atoms with Crippen LogP contribution in [0.3, 0.4) is 0 Å². The molecule has 7 rings (SSSR count). The lowest BCUT2D eigenvalue weighted by Gasteiger charge is -2.22. The fourth-order valence-corrected chi connectivity index (χ4v) is 7.52. The maximum atomic E-state index is 6.74. The first-order valence-corrected chi connectivity index (χ1v) is 17.7. The third kappa shape index (κ3) is 5.58. The Morgan fingerprint density at radius 3 is 2.15 bits per heavy atom. The first-order valence-electron chi connectivity index (χ1n) is 16.4. The molecule has 3 aromatic heterocycles. The Balaban J connectivity index is 1.35. The number of hydrogen-bond donors (Lipinski definition) is 0. The van der Waals surface area contributed by atoms with Crippen LogP contribution in [-0.4, -0.2) is 25.6 Å². The molecule has 242 valence electrons. The van der Waals surface area contributed by atoms with Crippen LogP contribution in [-0.2, 0) is 5.41 Å². The minimum Gasteiger partial charge on any atom is -0.457 e. The highest BCUT2D eigenvalue weighted by Crippen LogP contribution is 2.39. The van der Waals surface area contributed by atoms with E-state index in [1.54, 1.807) is 11.8 Å². The molecule has 4 aromatic carbocycles. The summed E-state index contributed by atoms with van der Waals surface area (Å²) in [4.78, 5) is 6.03. The van der Waals surface area contributed by atoms with E-state index in [1.807, 2.05) is 12.3 Å². The molecule has 0 spiro atoms. The number of nitrogens with zero attached hydrogens (tertiary/aromatic N) is 4. The normalized spacial score (nSPS) is 11.9. The molecule has 48 heavy (non-hydrogen) atoms. The Kier molecular flexibility index (Phi) is 7.95. The average Bonchev–Trinajstić information content (AvgIpc) is 3.53. The van der Waals surface area contributed by atoms with Crippen LogP contribution in [0.2, 0.25) is 0 Å². The van der Waals surface area contributed by atoms with Gasteiger partial charge in [0.1, 0.15) is 17.3 Å². The summed E-state index contributed by atoms with van der Waals surface area (Å²) >= 11 is 1.78. The monoisotopic (exact) mass is 650 g/mol. The van der Waals surface area contributed by atoms with E-state index in [0.29, 0.717) is 0 Å². The summed E-state index contributed by atoms with van der Waals surface area (Å²) in [7, 11) is 0. The van der Waals surface area contributed by atoms with Crippen molar-refractivity contribution >= 4 is 33.6 Å². The molecule has 0 aliphatic carbocycles. The number of pyridine rings is 1. The zero-order chi connectivity index (χ0) is 33.9. The van der Waals surface area contributed by atoms with Gasteiger partial charge in [-0.15, -0.1) is 11.8 Å². The topological polar surface area (TPSA) is 44.9 Å². The number of para-hydroxylation sites is 1. The molecule has 0 radical (unpaired) electrons. The van der Waals surface area contributed by atoms with E-state index in [1.165, 1.54) is 43.7 Å². The summed E-state index contributed by atoms with van der Waals surface area (Å²) in [6.45, 7) is 17.5. The van der Waals surface area contributed by atoms with Crippen molar-refractivity contribution in [3.63, 3.8) is 0 Å². The Morgan fingerprint density at radius 1 is 0.708 bits per heavy atom. The molecular weight excluding hydrogens is 609 g/mol. The highest BCUT2D eigenvalue weighted by atomic mass is 32.2. The van der Waals surface area contributed by atoms with Crippen molar-refractivity contribution in [1.29, 1.82) is 0 Å². The van der Waals surface area contributed by atoms with Crippen molar-refractivity contribution < 1.29 is 4.74 Å². The van der Waals surface area contributed by atoms with E-state index in [0.717, 1.165) is 50.8 Å². The maximum Gasteiger partial charge on any atom is 0.137 e. The molecular formula is C42H42N4OS. The molecule has 5 nitrogen and oxygen atoms in total. The molecule has 0 atom stereocenters. The number of ether oxygens (including phenoxy) is 1. The number of thioether (sulfide) groups is 1. The number of benzene rings is 4. The summed E-state index contributed by atoms with van der Waals surface area (Å²) < 4.78 is 11.1. The van der Waals surface area contributed by atoms with Gasteiger partial charge in [0.2, 0.25) is 0 Å². The molecule has 0 N–H and O–H groups in total. The summed E-state index contributed by atoms with van der Waals surface area (Å²) in [6.07, 6.45) is 4.00. The second kappa shape index (κ2) is 12.0. The number of hydrogen-bond acceptors (Lipinski definition) is 4. The zero-order valence-electron chi connectivity index (χ0n) is 29.3. The third-order valence-electron chi connectivity index (χ3n) is 9.30. The number of fused-ring (bicyclic) bond motifs is 3. The van der Waals surface area contributed by atoms with Gasteiger partial charge in [0.15, 0.2) is 0 Å². The minimum absolute atomic E-state index is 0.0961. The van der Waals surface area contributed by atoms with Crippen LogP contribution in [0.1, 0.15) is 54.4 Å². The van der Waals surface area contributed by atoms with Crippen molar-refractivity contribution in [2.24, 2.45) is 0 Å². The smallest absolute Gasteiger partial charge is 0.137 e. The van der Waals surface area contributed by atoms with Crippen LogP contribution < -0.4 is 4.74 Å². The van der Waals surface area contributed by atoms with E-state index >= 15 is 0 Å². The SMILES string of the molecule is CSc1cc(C)c(-c2c(C)nn(-c3cc(Oc4ccc5c6ccccc6n(-c6cc(C)ccn6)c5c4)cc(C(C)(C)C)c3)c2C)c(C)c1. The van der Waals surface area contributed by atoms with Gasteiger partial charge in [-0.3, -0.25) is 4.57 Å². The van der Waals surface area contributed by atoms with E-state index in [9.17, 15) is 0 Å². The number of aromatic nitrogens is 4. The fraction of sp³-hybridized carbons (Fsp3) is 0.238. The molecule has 0 aliphatic heterocycles. The Morgan fingerprint density at radius 2 is 1.44 bits per heavy atom. The highest BCUT2D eigenvalue weighted by Gasteiger charge is 2.22. The van der Waals surface area contributed by atoms with Gasteiger partial charge in [-0.1, -0.05) is 39.0 Å². The largest absolute Gasteiger partial charge is 0.457 e. The number of rotatable bonds is 6. The van der Waals surface area contributed by atoms with Crippen LogP contribution in [0, 0.1) is 34.6 Å². The lowest BCUT2D eigenvalue weighted by atomic mass is 9.86. The van der Waals surface area contributed by atoms with E-state index in [-0.39, 0.29) is 5.41 Å². The first-order chi connectivity index (χ1) is 22.9. The summed E-state index contributed by atoms with van der Waals surface area (Å²) in [5.41, 5.74) is 12.5. The minimum atomic E-state index is -0.0961. The van der Waals surface area contributed by atoms with E-state index in [4.69, 9.17) is 14.8 Å². The van der Waals surface area contributed by atoms with Crippen LogP contribution in [0.4, 0.5) is 0 Å². The predicted molar refractivity (Wildman–Crippen MR) is 202 cm³/mol. The maximum absolute atomic E-state index is 6.74. The highest BCUT2D eigenvalue weighted by molar-refractivity contribution is 7.98. The van der Waals surface area contributed by atoms with Crippen molar-refractivity contribution in [2.75, 3.05) is 6.26 Å². The molecule has 0 saturated heterocycles. The Hall–Kier alpha value is -4.81. The molecule has 0 unspecified atom stereocenters. The van der Waals surface area contributed by atoms with Gasteiger partial charge >= 0.3 is 0 Å². The van der Waals surface area contributed by atoms with E-state index in [2.05, 4.69) is 150 Å². The second-order valence-electron chi connectivity index (χ2n) is 13.9. The average molecular weight is 651 g/mol. The van der Waals surface area contributed by atoms with Crippen LogP contribution in [0.15, 0.2) is 96.0 Å². The van der Waals surface area contributed by atoms with E-state index < -0.39 is 0 Å². The molecule has 0 amide bonds. The van der Waals surface area contributed by atoms with Gasteiger partial charge in [0, 0.05) is 45.3 Å². The molecule has 0 fully saturated rings. The zero-order valence-corrected chi connectivity index (χ0v) is 30.1. The molecule has 0 aliphatic rings. The van der Waals surface area contributed by atoms with Crippen LogP contribution in [0.5, 0.6) is 11.5 Å². The lowest BCUT2D eigenvalue weighted by molar-refractivity contribution is 0.478. The molecule has 3 heterocycles. The molecule has 0 saturated carbocycles. The summed E-state index contributed by atoms with van der Waals surface area (Å²) in [5.74, 6) is 2.44. The van der Waals surface area contributed by atoms with Crippen LogP contribution >= 0.6 is 11.8 Å². The van der Waals surface area contributed by atoms with Gasteiger partial charge in [0.05, 0.1) is 22.4 Å². The van der Waals surface area contributed by atoms with Crippen LogP contribution in [0.25, 0.3) is 44.4 Å². The molecule has 0 bridgehead atoms. The van der Waals surface area contributed by atoms with Crippen molar-refractivity contribution in [1.82, 2.24) is 19.3 Å². The number of aryl methyl sites for hydroxylation is 4. The lowest BCUT2D eigenvalue weighted by Crippen LogP contribution is -2.12. The van der Waals surface area contributed by atoms with Gasteiger partial charge in [-0.25, -0.2) is 9.67 Å². The van der Waals surface area contributed by atoms with Gasteiger partial charge in [-0.2, -0.15) is 5.10 Å². The summed E-state index contributed by atoms with van der Waals surface area (Å²) in [6, 6.07) is 30.1. The second-order valence-corrected chi connectivity index (χ2v) is 14.8. The predicted octanol–water partition coefficient (Wildman–Crippen LogP) is 11.4. The standard InChI is InChI=1S/C42H42N4OS/c1-25-16-17-43-39(18-25)45-37-13-11-10-12-35(37)36-15-14-32(24-38(36)45)47-33-22-30(42(6,7)8)21-31(23-33)46-29(5)41(28(4)44-46)40-26(2)19-34(48-9)20-27(40)3/h10-24H,1-9H3. The Bertz CT molecular complexity index is 2330.